The van der Waals surface area contributed by atoms with Crippen LogP contribution >= 0.6 is 0 Å². The van der Waals surface area contributed by atoms with Crippen LogP contribution in [0.3, 0.4) is 0 Å². The monoisotopic (exact) mass is 399 g/mol. The highest BCUT2D eigenvalue weighted by molar-refractivity contribution is 7.85. The molecule has 0 N–H and O–H groups in total. The van der Waals surface area contributed by atoms with Crippen molar-refractivity contribution in [2.75, 3.05) is 21.3 Å². The molecule has 7 heteroatoms. The van der Waals surface area contributed by atoms with Gasteiger partial charge in [-0.25, -0.2) is 0 Å². The minimum atomic E-state index is -3.58. The van der Waals surface area contributed by atoms with Gasteiger partial charge in [-0.1, -0.05) is 30.3 Å². The number of rotatable bonds is 7. The standard InChI is InChI=1S/C21H21NO5S/c1-25-20-9-8-18(13-21(20)26-2)16-4-6-17(7-5-16)19-12-15(10-11-22-19)14-28(23,24)27-3/h4-13H,14H2,1-3H3. The van der Waals surface area contributed by atoms with E-state index in [0.717, 1.165) is 23.8 Å². The number of aromatic nitrogens is 1. The van der Waals surface area contributed by atoms with Crippen molar-refractivity contribution in [2.24, 2.45) is 0 Å². The van der Waals surface area contributed by atoms with E-state index in [-0.39, 0.29) is 5.75 Å². The Bertz CT molecular complexity index is 1060. The van der Waals surface area contributed by atoms with Crippen LogP contribution in [0.2, 0.25) is 0 Å². The fraction of sp³-hybridized carbons (Fsp3) is 0.190. The van der Waals surface area contributed by atoms with Gasteiger partial charge in [0.25, 0.3) is 10.1 Å². The van der Waals surface area contributed by atoms with Crippen LogP contribution in [0.4, 0.5) is 0 Å². The number of hydrogen-bond acceptors (Lipinski definition) is 6. The molecule has 0 aliphatic heterocycles. The van der Waals surface area contributed by atoms with Crippen LogP contribution in [0.5, 0.6) is 11.5 Å². The lowest BCUT2D eigenvalue weighted by Gasteiger charge is -2.10. The van der Waals surface area contributed by atoms with Gasteiger partial charge < -0.3 is 9.47 Å². The molecule has 1 aromatic heterocycles. The van der Waals surface area contributed by atoms with Crippen LogP contribution in [-0.4, -0.2) is 34.7 Å². The Morgan fingerprint density at radius 3 is 2.07 bits per heavy atom. The first-order chi connectivity index (χ1) is 13.5. The first kappa shape index (κ1) is 19.9. The zero-order valence-electron chi connectivity index (χ0n) is 15.9. The van der Waals surface area contributed by atoms with Gasteiger partial charge in [0.2, 0.25) is 0 Å². The first-order valence-electron chi connectivity index (χ1n) is 8.52. The SMILES string of the molecule is COc1ccc(-c2ccc(-c3cc(CS(=O)(=O)OC)ccn3)cc2)cc1OC. The van der Waals surface area contributed by atoms with E-state index in [0.29, 0.717) is 22.8 Å². The molecule has 0 saturated carbocycles. The number of hydrogen-bond donors (Lipinski definition) is 0. The number of methoxy groups -OCH3 is 2. The molecule has 0 atom stereocenters. The number of pyridine rings is 1. The third-order valence-electron chi connectivity index (χ3n) is 4.32. The average molecular weight is 399 g/mol. The summed E-state index contributed by atoms with van der Waals surface area (Å²) in [7, 11) is 0.787. The van der Waals surface area contributed by atoms with Crippen molar-refractivity contribution in [1.29, 1.82) is 0 Å². The lowest BCUT2D eigenvalue weighted by Crippen LogP contribution is -2.06. The van der Waals surface area contributed by atoms with Crippen LogP contribution in [0.15, 0.2) is 60.8 Å². The Balaban J connectivity index is 1.87. The molecule has 0 amide bonds. The molecule has 3 rings (SSSR count). The van der Waals surface area contributed by atoms with Crippen molar-refractivity contribution >= 4 is 10.1 Å². The Kier molecular flexibility index (Phi) is 5.96. The molecule has 0 aliphatic rings. The summed E-state index contributed by atoms with van der Waals surface area (Å²) in [6.07, 6.45) is 1.60. The van der Waals surface area contributed by atoms with Crippen LogP contribution < -0.4 is 9.47 Å². The highest BCUT2D eigenvalue weighted by Gasteiger charge is 2.12. The average Bonchev–Trinajstić information content (AvgIpc) is 2.73. The maximum absolute atomic E-state index is 11.7. The normalized spacial score (nSPS) is 11.2. The van der Waals surface area contributed by atoms with Gasteiger partial charge in [0.05, 0.1) is 27.0 Å². The fourth-order valence-corrected chi connectivity index (χ4v) is 3.54. The third kappa shape index (κ3) is 4.49. The molecule has 6 nitrogen and oxygen atoms in total. The van der Waals surface area contributed by atoms with Gasteiger partial charge in [-0.3, -0.25) is 9.17 Å². The van der Waals surface area contributed by atoms with E-state index in [9.17, 15) is 8.42 Å². The predicted octanol–water partition coefficient (Wildman–Crippen LogP) is 3.91. The second-order valence-corrected chi connectivity index (χ2v) is 7.80. The van der Waals surface area contributed by atoms with Crippen molar-refractivity contribution in [2.45, 2.75) is 5.75 Å². The Morgan fingerprint density at radius 1 is 0.786 bits per heavy atom. The minimum absolute atomic E-state index is 0.192. The topological polar surface area (TPSA) is 74.7 Å². The van der Waals surface area contributed by atoms with Crippen LogP contribution in [0, 0.1) is 0 Å². The highest BCUT2D eigenvalue weighted by atomic mass is 32.2. The summed E-state index contributed by atoms with van der Waals surface area (Å²) in [6, 6.07) is 17.0. The zero-order valence-corrected chi connectivity index (χ0v) is 16.7. The Hall–Kier alpha value is -2.90. The first-order valence-corrected chi connectivity index (χ1v) is 10.1. The lowest BCUT2D eigenvalue weighted by molar-refractivity contribution is 0.355. The Labute approximate surface area is 164 Å². The van der Waals surface area contributed by atoms with Gasteiger partial charge in [-0.05, 0) is 41.0 Å². The lowest BCUT2D eigenvalue weighted by atomic mass is 10.0. The molecule has 0 saturated heterocycles. The van der Waals surface area contributed by atoms with Gasteiger partial charge in [-0.15, -0.1) is 0 Å². The predicted molar refractivity (Wildman–Crippen MR) is 108 cm³/mol. The molecule has 146 valence electrons. The molecule has 3 aromatic rings. The van der Waals surface area contributed by atoms with Gasteiger partial charge in [0.15, 0.2) is 11.5 Å². The Morgan fingerprint density at radius 2 is 1.43 bits per heavy atom. The molecule has 0 aliphatic carbocycles. The van der Waals surface area contributed by atoms with E-state index < -0.39 is 10.1 Å². The number of benzene rings is 2. The quantitative estimate of drug-likeness (QED) is 0.561. The van der Waals surface area contributed by atoms with Crippen molar-refractivity contribution in [1.82, 2.24) is 4.98 Å². The zero-order chi connectivity index (χ0) is 20.1. The summed E-state index contributed by atoms with van der Waals surface area (Å²) in [5.74, 6) is 1.15. The molecule has 0 fully saturated rings. The maximum Gasteiger partial charge on any atom is 0.271 e. The van der Waals surface area contributed by atoms with Gasteiger partial charge in [0, 0.05) is 11.8 Å². The van der Waals surface area contributed by atoms with Crippen molar-refractivity contribution < 1.29 is 22.1 Å². The molecule has 0 bridgehead atoms. The number of nitrogens with zero attached hydrogens (tertiary/aromatic N) is 1. The summed E-state index contributed by atoms with van der Waals surface area (Å²) >= 11 is 0. The van der Waals surface area contributed by atoms with E-state index in [1.807, 2.05) is 42.5 Å². The molecule has 0 radical (unpaired) electrons. The van der Waals surface area contributed by atoms with Crippen molar-refractivity contribution in [3.63, 3.8) is 0 Å². The highest BCUT2D eigenvalue weighted by Crippen LogP contribution is 2.33. The summed E-state index contributed by atoms with van der Waals surface area (Å²) in [5, 5.41) is 0. The van der Waals surface area contributed by atoms with Crippen LogP contribution in [-0.2, 0) is 20.1 Å². The molecular weight excluding hydrogens is 378 g/mol. The minimum Gasteiger partial charge on any atom is -0.493 e. The summed E-state index contributed by atoms with van der Waals surface area (Å²) < 4.78 is 38.5. The van der Waals surface area contributed by atoms with E-state index >= 15 is 0 Å². The molecule has 2 aromatic carbocycles. The molecule has 28 heavy (non-hydrogen) atoms. The van der Waals surface area contributed by atoms with Crippen LogP contribution in [0.25, 0.3) is 22.4 Å². The van der Waals surface area contributed by atoms with E-state index in [1.165, 1.54) is 0 Å². The third-order valence-corrected chi connectivity index (χ3v) is 5.51. The van der Waals surface area contributed by atoms with Crippen LogP contribution in [0.1, 0.15) is 5.56 Å². The molecular formula is C21H21NO5S. The molecule has 1 heterocycles. The summed E-state index contributed by atoms with van der Waals surface area (Å²) in [5.41, 5.74) is 4.22. The van der Waals surface area contributed by atoms with E-state index in [4.69, 9.17) is 9.47 Å². The van der Waals surface area contributed by atoms with Crippen molar-refractivity contribution in [3.8, 4) is 33.9 Å². The number of ether oxygens (including phenoxy) is 2. The maximum atomic E-state index is 11.7. The largest absolute Gasteiger partial charge is 0.493 e. The van der Waals surface area contributed by atoms with Gasteiger partial charge in [-0.2, -0.15) is 8.42 Å². The van der Waals surface area contributed by atoms with E-state index in [2.05, 4.69) is 9.17 Å². The molecule has 0 unspecified atom stereocenters. The second-order valence-electron chi connectivity index (χ2n) is 6.07. The van der Waals surface area contributed by atoms with Crippen molar-refractivity contribution in [3.05, 3.63) is 66.4 Å². The second kappa shape index (κ2) is 8.41. The summed E-state index contributed by atoms with van der Waals surface area (Å²) in [4.78, 5) is 4.35. The van der Waals surface area contributed by atoms with Gasteiger partial charge in [0.1, 0.15) is 5.75 Å². The molecule has 0 spiro atoms. The summed E-state index contributed by atoms with van der Waals surface area (Å²) in [6.45, 7) is 0. The van der Waals surface area contributed by atoms with E-state index in [1.54, 1.807) is 32.5 Å². The van der Waals surface area contributed by atoms with Gasteiger partial charge >= 0.3 is 0 Å². The fourth-order valence-electron chi connectivity index (χ4n) is 2.83. The smallest absolute Gasteiger partial charge is 0.271 e.